The molecule has 1 rings (SSSR count). The third-order valence-corrected chi connectivity index (χ3v) is 2.55. The first-order chi connectivity index (χ1) is 6.57. The number of ether oxygens (including phenoxy) is 1. The Kier molecular flexibility index (Phi) is 3.63. The summed E-state index contributed by atoms with van der Waals surface area (Å²) in [5.74, 6) is -0.936. The van der Waals surface area contributed by atoms with Crippen LogP contribution in [0, 0.1) is 12.7 Å². The van der Waals surface area contributed by atoms with E-state index >= 15 is 0 Å². The summed E-state index contributed by atoms with van der Waals surface area (Å²) in [6.07, 6.45) is 0. The molecule has 0 aliphatic carbocycles. The van der Waals surface area contributed by atoms with Gasteiger partial charge in [0, 0.05) is 0 Å². The van der Waals surface area contributed by atoms with Crippen LogP contribution >= 0.6 is 15.9 Å². The molecule has 0 aromatic heterocycles. The number of carbonyl (C=O) groups is 1. The van der Waals surface area contributed by atoms with Crippen molar-refractivity contribution in [2.24, 2.45) is 0 Å². The summed E-state index contributed by atoms with van der Waals surface area (Å²) in [7, 11) is 0. The molecule has 0 aliphatic heterocycles. The molecule has 76 valence electrons. The minimum atomic E-state index is -0.515. The van der Waals surface area contributed by atoms with E-state index in [-0.39, 0.29) is 16.6 Å². The summed E-state index contributed by atoms with van der Waals surface area (Å²) in [4.78, 5) is 11.3. The van der Waals surface area contributed by atoms with Gasteiger partial charge in [0.05, 0.1) is 16.6 Å². The molecule has 0 aliphatic rings. The number of benzene rings is 1. The molecule has 1 aromatic rings. The van der Waals surface area contributed by atoms with Crippen LogP contribution in [0.2, 0.25) is 0 Å². The maximum absolute atomic E-state index is 13.3. The van der Waals surface area contributed by atoms with Crippen LogP contribution in [-0.2, 0) is 4.74 Å². The Hall–Kier alpha value is -0.900. The fraction of sp³-hybridized carbons (Fsp3) is 0.300. The van der Waals surface area contributed by atoms with E-state index < -0.39 is 11.8 Å². The number of esters is 1. The molecule has 0 atom stereocenters. The number of rotatable bonds is 2. The van der Waals surface area contributed by atoms with Crippen LogP contribution < -0.4 is 0 Å². The zero-order valence-electron chi connectivity index (χ0n) is 7.93. The Morgan fingerprint density at radius 2 is 2.21 bits per heavy atom. The molecule has 0 heterocycles. The van der Waals surface area contributed by atoms with Crippen molar-refractivity contribution in [3.05, 3.63) is 33.5 Å². The summed E-state index contributed by atoms with van der Waals surface area (Å²) in [6, 6.07) is 3.09. The van der Waals surface area contributed by atoms with Gasteiger partial charge in [-0.15, -0.1) is 0 Å². The average Bonchev–Trinajstić information content (AvgIpc) is 2.15. The van der Waals surface area contributed by atoms with Gasteiger partial charge < -0.3 is 4.74 Å². The zero-order chi connectivity index (χ0) is 10.7. The molecule has 0 bridgehead atoms. The highest BCUT2D eigenvalue weighted by Crippen LogP contribution is 2.23. The first kappa shape index (κ1) is 11.2. The Balaban J connectivity index is 3.11. The smallest absolute Gasteiger partial charge is 0.339 e. The summed E-state index contributed by atoms with van der Waals surface area (Å²) >= 11 is 3.03. The molecule has 0 saturated heterocycles. The third kappa shape index (κ3) is 2.12. The molecule has 0 spiro atoms. The summed E-state index contributed by atoms with van der Waals surface area (Å²) < 4.78 is 18.3. The standard InChI is InChI=1S/C10H10BrFO2/c1-3-14-10(13)7-5-4-6(2)9(12)8(7)11/h4-5H,3H2,1-2H3. The van der Waals surface area contributed by atoms with Crippen LogP contribution in [0.3, 0.4) is 0 Å². The maximum atomic E-state index is 13.3. The highest BCUT2D eigenvalue weighted by molar-refractivity contribution is 9.10. The van der Waals surface area contributed by atoms with Crippen molar-refractivity contribution in [1.82, 2.24) is 0 Å². The van der Waals surface area contributed by atoms with Crippen molar-refractivity contribution in [2.45, 2.75) is 13.8 Å². The first-order valence-electron chi connectivity index (χ1n) is 4.19. The molecule has 0 radical (unpaired) electrons. The van der Waals surface area contributed by atoms with Gasteiger partial charge in [-0.25, -0.2) is 9.18 Å². The Bertz CT molecular complexity index is 363. The number of halogens is 2. The van der Waals surface area contributed by atoms with E-state index in [1.54, 1.807) is 26.0 Å². The van der Waals surface area contributed by atoms with E-state index in [4.69, 9.17) is 4.74 Å². The fourth-order valence-corrected chi connectivity index (χ4v) is 1.62. The molecular weight excluding hydrogens is 251 g/mol. The summed E-state index contributed by atoms with van der Waals surface area (Å²) in [5.41, 5.74) is 0.708. The fourth-order valence-electron chi connectivity index (χ4n) is 1.01. The minimum Gasteiger partial charge on any atom is -0.462 e. The summed E-state index contributed by atoms with van der Waals surface area (Å²) in [5, 5.41) is 0. The second-order valence-corrected chi connectivity index (χ2v) is 3.57. The highest BCUT2D eigenvalue weighted by atomic mass is 79.9. The van der Waals surface area contributed by atoms with Crippen molar-refractivity contribution in [3.63, 3.8) is 0 Å². The highest BCUT2D eigenvalue weighted by Gasteiger charge is 2.15. The molecule has 4 heteroatoms. The molecule has 1 aromatic carbocycles. The van der Waals surface area contributed by atoms with Crippen LogP contribution in [0.5, 0.6) is 0 Å². The lowest BCUT2D eigenvalue weighted by Crippen LogP contribution is -2.06. The van der Waals surface area contributed by atoms with E-state index in [1.165, 1.54) is 0 Å². The SMILES string of the molecule is CCOC(=O)c1ccc(C)c(F)c1Br. The number of hydrogen-bond acceptors (Lipinski definition) is 2. The minimum absolute atomic E-state index is 0.163. The van der Waals surface area contributed by atoms with Gasteiger partial charge in [-0.05, 0) is 41.4 Å². The van der Waals surface area contributed by atoms with Gasteiger partial charge in [0.25, 0.3) is 0 Å². The Labute approximate surface area is 90.2 Å². The molecule has 0 fully saturated rings. The van der Waals surface area contributed by atoms with Gasteiger partial charge in [0.1, 0.15) is 5.82 Å². The quantitative estimate of drug-likeness (QED) is 0.765. The molecule has 2 nitrogen and oxygen atoms in total. The molecule has 0 saturated carbocycles. The molecule has 0 amide bonds. The van der Waals surface area contributed by atoms with Crippen molar-refractivity contribution in [1.29, 1.82) is 0 Å². The van der Waals surface area contributed by atoms with Crippen LogP contribution in [0.15, 0.2) is 16.6 Å². The van der Waals surface area contributed by atoms with Gasteiger partial charge in [-0.2, -0.15) is 0 Å². The van der Waals surface area contributed by atoms with E-state index in [1.807, 2.05) is 0 Å². The second-order valence-electron chi connectivity index (χ2n) is 2.78. The lowest BCUT2D eigenvalue weighted by atomic mass is 10.1. The van der Waals surface area contributed by atoms with Crippen LogP contribution in [0.25, 0.3) is 0 Å². The molecule has 0 unspecified atom stereocenters. The van der Waals surface area contributed by atoms with Crippen molar-refractivity contribution < 1.29 is 13.9 Å². The van der Waals surface area contributed by atoms with Crippen LogP contribution in [-0.4, -0.2) is 12.6 Å². The molecule has 14 heavy (non-hydrogen) atoms. The monoisotopic (exact) mass is 260 g/mol. The van der Waals surface area contributed by atoms with Crippen LogP contribution in [0.4, 0.5) is 4.39 Å². The van der Waals surface area contributed by atoms with Crippen molar-refractivity contribution >= 4 is 21.9 Å². The van der Waals surface area contributed by atoms with Gasteiger partial charge in [0.15, 0.2) is 0 Å². The second kappa shape index (κ2) is 4.55. The van der Waals surface area contributed by atoms with Gasteiger partial charge in [-0.1, -0.05) is 6.07 Å². The van der Waals surface area contributed by atoms with E-state index in [9.17, 15) is 9.18 Å². The van der Waals surface area contributed by atoms with Crippen molar-refractivity contribution in [3.8, 4) is 0 Å². The first-order valence-corrected chi connectivity index (χ1v) is 4.99. The van der Waals surface area contributed by atoms with Gasteiger partial charge in [-0.3, -0.25) is 0 Å². The lowest BCUT2D eigenvalue weighted by molar-refractivity contribution is 0.0524. The molecule has 0 N–H and O–H groups in total. The Morgan fingerprint density at radius 1 is 1.57 bits per heavy atom. The number of carbonyl (C=O) groups excluding carboxylic acids is 1. The van der Waals surface area contributed by atoms with Gasteiger partial charge in [0.2, 0.25) is 0 Å². The maximum Gasteiger partial charge on any atom is 0.339 e. The predicted octanol–water partition coefficient (Wildman–Crippen LogP) is 3.07. The lowest BCUT2D eigenvalue weighted by Gasteiger charge is -2.06. The summed E-state index contributed by atoms with van der Waals surface area (Å²) in [6.45, 7) is 3.62. The van der Waals surface area contributed by atoms with Gasteiger partial charge >= 0.3 is 5.97 Å². The normalized spacial score (nSPS) is 10.0. The van der Waals surface area contributed by atoms with E-state index in [0.717, 1.165) is 0 Å². The van der Waals surface area contributed by atoms with Crippen molar-refractivity contribution in [2.75, 3.05) is 6.61 Å². The largest absolute Gasteiger partial charge is 0.462 e. The van der Waals surface area contributed by atoms with Crippen LogP contribution in [0.1, 0.15) is 22.8 Å². The number of hydrogen-bond donors (Lipinski definition) is 0. The molecular formula is C10H10BrFO2. The van der Waals surface area contributed by atoms with E-state index in [2.05, 4.69) is 15.9 Å². The number of aryl methyl sites for hydroxylation is 1. The average molecular weight is 261 g/mol. The third-order valence-electron chi connectivity index (χ3n) is 1.77. The van der Waals surface area contributed by atoms with E-state index in [0.29, 0.717) is 5.56 Å². The Morgan fingerprint density at radius 3 is 2.79 bits per heavy atom. The topological polar surface area (TPSA) is 26.3 Å². The zero-order valence-corrected chi connectivity index (χ0v) is 9.52. The predicted molar refractivity (Wildman–Crippen MR) is 54.8 cm³/mol.